The van der Waals surface area contributed by atoms with Crippen LogP contribution in [0.15, 0.2) is 12.4 Å². The van der Waals surface area contributed by atoms with Gasteiger partial charge in [0.1, 0.15) is 0 Å². The van der Waals surface area contributed by atoms with Crippen molar-refractivity contribution in [2.24, 2.45) is 0 Å². The molecule has 1 heterocycles. The first-order valence-electron chi connectivity index (χ1n) is 7.12. The van der Waals surface area contributed by atoms with Gasteiger partial charge in [-0.25, -0.2) is 0 Å². The zero-order chi connectivity index (χ0) is 13.0. The number of aryl methyl sites for hydroxylation is 1. The number of hydrogen-bond acceptors (Lipinski definition) is 3. The summed E-state index contributed by atoms with van der Waals surface area (Å²) in [5.41, 5.74) is 0.634. The van der Waals surface area contributed by atoms with E-state index in [4.69, 9.17) is 0 Å². The number of aromatic nitrogens is 2. The SMILES string of the molecule is CCNC1CCC(O)(Cc2cnn(CC)c2)CC1. The molecule has 102 valence electrons. The van der Waals surface area contributed by atoms with Crippen LogP contribution in [0, 0.1) is 0 Å². The predicted molar refractivity (Wildman–Crippen MR) is 72.5 cm³/mol. The van der Waals surface area contributed by atoms with Gasteiger partial charge in [0.15, 0.2) is 0 Å². The Balaban J connectivity index is 1.89. The maximum absolute atomic E-state index is 10.6. The monoisotopic (exact) mass is 251 g/mol. The topological polar surface area (TPSA) is 50.1 Å². The summed E-state index contributed by atoms with van der Waals surface area (Å²) in [6, 6.07) is 0.591. The van der Waals surface area contributed by atoms with E-state index in [-0.39, 0.29) is 0 Å². The third-order valence-electron chi connectivity index (χ3n) is 3.95. The summed E-state index contributed by atoms with van der Waals surface area (Å²) in [6.45, 7) is 6.13. The fourth-order valence-corrected chi connectivity index (χ4v) is 2.88. The molecule has 0 aromatic carbocycles. The summed E-state index contributed by atoms with van der Waals surface area (Å²) in [4.78, 5) is 0. The first-order valence-corrected chi connectivity index (χ1v) is 7.12. The van der Waals surface area contributed by atoms with E-state index in [1.807, 2.05) is 17.1 Å². The van der Waals surface area contributed by atoms with Crippen LogP contribution in [-0.4, -0.2) is 33.1 Å². The quantitative estimate of drug-likeness (QED) is 0.838. The number of rotatable bonds is 5. The zero-order valence-electron chi connectivity index (χ0n) is 11.5. The second kappa shape index (κ2) is 5.85. The normalized spacial score (nSPS) is 28.5. The van der Waals surface area contributed by atoms with Crippen LogP contribution in [0.2, 0.25) is 0 Å². The summed E-state index contributed by atoms with van der Waals surface area (Å²) < 4.78 is 1.92. The Kier molecular flexibility index (Phi) is 4.40. The van der Waals surface area contributed by atoms with Crippen molar-refractivity contribution in [3.05, 3.63) is 18.0 Å². The number of aliphatic hydroxyl groups is 1. The summed E-state index contributed by atoms with van der Waals surface area (Å²) in [6.07, 6.45) is 8.61. The second-order valence-electron chi connectivity index (χ2n) is 5.44. The molecule has 0 bridgehead atoms. The van der Waals surface area contributed by atoms with Gasteiger partial charge in [0, 0.05) is 25.2 Å². The lowest BCUT2D eigenvalue weighted by Crippen LogP contribution is -2.42. The average Bonchev–Trinajstić information content (AvgIpc) is 2.80. The van der Waals surface area contributed by atoms with Gasteiger partial charge in [-0.15, -0.1) is 0 Å². The van der Waals surface area contributed by atoms with Gasteiger partial charge in [-0.05, 0) is 44.7 Å². The summed E-state index contributed by atoms with van der Waals surface area (Å²) in [7, 11) is 0. The maximum Gasteiger partial charge on any atom is 0.0690 e. The van der Waals surface area contributed by atoms with E-state index in [2.05, 4.69) is 24.3 Å². The van der Waals surface area contributed by atoms with Crippen LogP contribution in [-0.2, 0) is 13.0 Å². The van der Waals surface area contributed by atoms with Crippen molar-refractivity contribution < 1.29 is 5.11 Å². The third kappa shape index (κ3) is 3.33. The molecule has 0 aliphatic heterocycles. The summed E-state index contributed by atoms with van der Waals surface area (Å²) in [5.74, 6) is 0. The number of hydrogen-bond donors (Lipinski definition) is 2. The standard InChI is InChI=1S/C14H25N3O/c1-3-15-13-5-7-14(18,8-6-13)9-12-10-16-17(4-2)11-12/h10-11,13,15,18H,3-9H2,1-2H3. The molecule has 0 atom stereocenters. The van der Waals surface area contributed by atoms with Crippen molar-refractivity contribution in [3.8, 4) is 0 Å². The summed E-state index contributed by atoms with van der Waals surface area (Å²) in [5, 5.41) is 18.4. The molecule has 1 aromatic rings. The van der Waals surface area contributed by atoms with E-state index < -0.39 is 5.60 Å². The molecule has 2 N–H and O–H groups in total. The van der Waals surface area contributed by atoms with Gasteiger partial charge < -0.3 is 10.4 Å². The Bertz CT molecular complexity index is 367. The first kappa shape index (κ1) is 13.6. The fourth-order valence-electron chi connectivity index (χ4n) is 2.88. The molecule has 1 saturated carbocycles. The van der Waals surface area contributed by atoms with E-state index in [0.29, 0.717) is 6.04 Å². The minimum atomic E-state index is -0.520. The Morgan fingerprint density at radius 1 is 1.44 bits per heavy atom. The van der Waals surface area contributed by atoms with Crippen LogP contribution < -0.4 is 5.32 Å². The Labute approximate surface area is 109 Å². The highest BCUT2D eigenvalue weighted by Crippen LogP contribution is 2.31. The molecule has 0 radical (unpaired) electrons. The molecule has 18 heavy (non-hydrogen) atoms. The highest BCUT2D eigenvalue weighted by molar-refractivity contribution is 5.09. The molecule has 4 heteroatoms. The van der Waals surface area contributed by atoms with Crippen LogP contribution in [0.4, 0.5) is 0 Å². The van der Waals surface area contributed by atoms with Crippen molar-refractivity contribution in [2.75, 3.05) is 6.54 Å². The summed E-state index contributed by atoms with van der Waals surface area (Å²) >= 11 is 0. The van der Waals surface area contributed by atoms with Crippen molar-refractivity contribution in [2.45, 2.75) is 64.1 Å². The lowest BCUT2D eigenvalue weighted by atomic mass is 9.79. The minimum absolute atomic E-state index is 0.520. The molecule has 0 amide bonds. The van der Waals surface area contributed by atoms with E-state index in [1.54, 1.807) is 0 Å². The predicted octanol–water partition coefficient (Wildman–Crippen LogP) is 1.73. The largest absolute Gasteiger partial charge is 0.390 e. The molecule has 1 aliphatic rings. The lowest BCUT2D eigenvalue weighted by molar-refractivity contribution is -0.00296. The lowest BCUT2D eigenvalue weighted by Gasteiger charge is -2.36. The molecule has 0 unspecified atom stereocenters. The van der Waals surface area contributed by atoms with Crippen LogP contribution >= 0.6 is 0 Å². The van der Waals surface area contributed by atoms with Gasteiger partial charge in [-0.1, -0.05) is 6.92 Å². The molecule has 1 fully saturated rings. The van der Waals surface area contributed by atoms with Crippen LogP contribution in [0.1, 0.15) is 45.1 Å². The molecular formula is C14H25N3O. The Hall–Kier alpha value is -0.870. The smallest absolute Gasteiger partial charge is 0.0690 e. The molecule has 2 rings (SSSR count). The van der Waals surface area contributed by atoms with Crippen molar-refractivity contribution >= 4 is 0 Å². The van der Waals surface area contributed by atoms with Crippen LogP contribution in [0.3, 0.4) is 0 Å². The fraction of sp³-hybridized carbons (Fsp3) is 0.786. The van der Waals surface area contributed by atoms with E-state index in [9.17, 15) is 5.11 Å². The highest BCUT2D eigenvalue weighted by atomic mass is 16.3. The van der Waals surface area contributed by atoms with Gasteiger partial charge >= 0.3 is 0 Å². The minimum Gasteiger partial charge on any atom is -0.390 e. The first-order chi connectivity index (χ1) is 8.65. The second-order valence-corrected chi connectivity index (χ2v) is 5.44. The molecule has 0 spiro atoms. The highest BCUT2D eigenvalue weighted by Gasteiger charge is 2.33. The van der Waals surface area contributed by atoms with E-state index >= 15 is 0 Å². The van der Waals surface area contributed by atoms with E-state index in [0.717, 1.165) is 50.8 Å². The van der Waals surface area contributed by atoms with Crippen LogP contribution in [0.5, 0.6) is 0 Å². The van der Waals surface area contributed by atoms with Crippen molar-refractivity contribution in [3.63, 3.8) is 0 Å². The van der Waals surface area contributed by atoms with Gasteiger partial charge in [0.05, 0.1) is 11.8 Å². The number of nitrogens with zero attached hydrogens (tertiary/aromatic N) is 2. The van der Waals surface area contributed by atoms with Gasteiger partial charge in [0.2, 0.25) is 0 Å². The number of nitrogens with one attached hydrogen (secondary N) is 1. The van der Waals surface area contributed by atoms with Gasteiger partial charge in [-0.2, -0.15) is 5.10 Å². The molecule has 1 aromatic heterocycles. The maximum atomic E-state index is 10.6. The zero-order valence-corrected chi connectivity index (χ0v) is 11.5. The van der Waals surface area contributed by atoms with Crippen LogP contribution in [0.25, 0.3) is 0 Å². The van der Waals surface area contributed by atoms with Crippen molar-refractivity contribution in [1.82, 2.24) is 15.1 Å². The van der Waals surface area contributed by atoms with E-state index in [1.165, 1.54) is 0 Å². The molecule has 4 nitrogen and oxygen atoms in total. The van der Waals surface area contributed by atoms with Crippen molar-refractivity contribution in [1.29, 1.82) is 0 Å². The molecular weight excluding hydrogens is 226 g/mol. The Morgan fingerprint density at radius 3 is 2.72 bits per heavy atom. The average molecular weight is 251 g/mol. The Morgan fingerprint density at radius 2 is 2.17 bits per heavy atom. The van der Waals surface area contributed by atoms with Gasteiger partial charge in [-0.3, -0.25) is 4.68 Å². The third-order valence-corrected chi connectivity index (χ3v) is 3.95. The molecule has 1 aliphatic carbocycles. The molecule has 0 saturated heterocycles. The van der Waals surface area contributed by atoms with Gasteiger partial charge in [0.25, 0.3) is 0 Å².